The van der Waals surface area contributed by atoms with E-state index in [4.69, 9.17) is 21.1 Å². The van der Waals surface area contributed by atoms with Crippen molar-refractivity contribution in [3.05, 3.63) is 58.6 Å². The Balaban J connectivity index is 1.82. The largest absolute Gasteiger partial charge is 0.494 e. The minimum absolute atomic E-state index is 0.220. The number of fused-ring (bicyclic) bond motifs is 1. The van der Waals surface area contributed by atoms with Crippen LogP contribution in [-0.4, -0.2) is 19.1 Å². The summed E-state index contributed by atoms with van der Waals surface area (Å²) in [5.74, 6) is 1.26. The lowest BCUT2D eigenvalue weighted by Crippen LogP contribution is -2.21. The molecule has 4 nitrogen and oxygen atoms in total. The highest BCUT2D eigenvalue weighted by Gasteiger charge is 2.18. The third-order valence-electron chi connectivity index (χ3n) is 3.42. The Morgan fingerprint density at radius 1 is 1.30 bits per heavy atom. The number of nitrogens with one attached hydrogen (secondary N) is 1. The van der Waals surface area contributed by atoms with Gasteiger partial charge in [0.15, 0.2) is 0 Å². The van der Waals surface area contributed by atoms with Crippen LogP contribution in [0.2, 0.25) is 5.02 Å². The van der Waals surface area contributed by atoms with E-state index in [1.165, 1.54) is 0 Å². The molecule has 1 aliphatic heterocycles. The summed E-state index contributed by atoms with van der Waals surface area (Å²) in [5.41, 5.74) is 1.94. The number of anilines is 1. The highest BCUT2D eigenvalue weighted by atomic mass is 35.5. The molecule has 1 N–H and O–H groups in total. The first kappa shape index (κ1) is 15.4. The summed E-state index contributed by atoms with van der Waals surface area (Å²) in [6.45, 7) is 2.73. The van der Waals surface area contributed by atoms with Crippen LogP contribution in [0, 0.1) is 0 Å². The summed E-state index contributed by atoms with van der Waals surface area (Å²) in [6.07, 6.45) is 1.81. The zero-order valence-electron chi connectivity index (χ0n) is 12.6. The summed E-state index contributed by atoms with van der Waals surface area (Å²) in [6, 6.07) is 12.7. The molecule has 0 atom stereocenters. The van der Waals surface area contributed by atoms with Crippen LogP contribution >= 0.6 is 11.6 Å². The maximum atomic E-state index is 12.4. The molecule has 3 rings (SSSR count). The molecular weight excluding hydrogens is 314 g/mol. The van der Waals surface area contributed by atoms with Gasteiger partial charge in [0.1, 0.15) is 18.1 Å². The van der Waals surface area contributed by atoms with E-state index in [2.05, 4.69) is 5.32 Å². The van der Waals surface area contributed by atoms with Gasteiger partial charge < -0.3 is 14.8 Å². The van der Waals surface area contributed by atoms with Crippen molar-refractivity contribution in [1.82, 2.24) is 0 Å². The average Bonchev–Trinajstić information content (AvgIpc) is 2.56. The summed E-state index contributed by atoms with van der Waals surface area (Å²) in [4.78, 5) is 12.4. The molecule has 118 valence electrons. The van der Waals surface area contributed by atoms with Crippen molar-refractivity contribution in [3.8, 4) is 11.5 Å². The molecule has 0 saturated heterocycles. The predicted molar refractivity (Wildman–Crippen MR) is 91.2 cm³/mol. The zero-order chi connectivity index (χ0) is 16.2. The van der Waals surface area contributed by atoms with E-state index in [9.17, 15) is 4.79 Å². The van der Waals surface area contributed by atoms with Gasteiger partial charge in [-0.1, -0.05) is 23.7 Å². The molecule has 0 unspecified atom stereocenters. The van der Waals surface area contributed by atoms with Crippen molar-refractivity contribution in [2.75, 3.05) is 18.5 Å². The van der Waals surface area contributed by atoms with Gasteiger partial charge in [0.05, 0.1) is 22.9 Å². The molecule has 0 spiro atoms. The van der Waals surface area contributed by atoms with Gasteiger partial charge in [-0.2, -0.15) is 0 Å². The quantitative estimate of drug-likeness (QED) is 0.916. The van der Waals surface area contributed by atoms with Gasteiger partial charge in [0, 0.05) is 5.56 Å². The summed E-state index contributed by atoms with van der Waals surface area (Å²) < 4.78 is 11.1. The van der Waals surface area contributed by atoms with Crippen molar-refractivity contribution in [1.29, 1.82) is 0 Å². The Labute approximate surface area is 139 Å². The van der Waals surface area contributed by atoms with Crippen LogP contribution in [-0.2, 0) is 4.79 Å². The molecule has 0 fully saturated rings. The molecule has 5 heteroatoms. The van der Waals surface area contributed by atoms with Gasteiger partial charge in [-0.3, -0.25) is 4.79 Å². The maximum absolute atomic E-state index is 12.4. The van der Waals surface area contributed by atoms with Crippen LogP contribution in [0.4, 0.5) is 5.69 Å². The van der Waals surface area contributed by atoms with Gasteiger partial charge in [-0.25, -0.2) is 0 Å². The molecule has 0 radical (unpaired) electrons. The first-order chi connectivity index (χ1) is 11.2. The molecule has 0 aromatic heterocycles. The first-order valence-electron chi connectivity index (χ1n) is 7.33. The second-order valence-corrected chi connectivity index (χ2v) is 5.43. The molecular formula is C18H16ClNO3. The molecule has 2 aromatic rings. The van der Waals surface area contributed by atoms with E-state index in [0.29, 0.717) is 22.9 Å². The summed E-state index contributed by atoms with van der Waals surface area (Å²) in [5, 5.41) is 3.30. The van der Waals surface area contributed by atoms with E-state index in [1.54, 1.807) is 12.1 Å². The third kappa shape index (κ3) is 3.48. The number of benzene rings is 2. The molecule has 0 saturated carbocycles. The van der Waals surface area contributed by atoms with Crippen molar-refractivity contribution in [3.63, 3.8) is 0 Å². The molecule has 0 bridgehead atoms. The highest BCUT2D eigenvalue weighted by molar-refractivity contribution is 6.34. The van der Waals surface area contributed by atoms with Crippen LogP contribution < -0.4 is 14.8 Å². The van der Waals surface area contributed by atoms with Crippen LogP contribution in [0.3, 0.4) is 0 Å². The lowest BCUT2D eigenvalue weighted by molar-refractivity contribution is -0.113. The Hall–Kier alpha value is -2.46. The van der Waals surface area contributed by atoms with E-state index >= 15 is 0 Å². The van der Waals surface area contributed by atoms with Crippen LogP contribution in [0.5, 0.6) is 11.5 Å². The number of rotatable bonds is 4. The monoisotopic (exact) mass is 329 g/mol. The van der Waals surface area contributed by atoms with Crippen molar-refractivity contribution in [2.24, 2.45) is 0 Å². The van der Waals surface area contributed by atoms with E-state index < -0.39 is 0 Å². The SMILES string of the molecule is CCOc1ccc2c(c1)C=C(C(=O)Nc1ccccc1Cl)CO2. The number of carbonyl (C=O) groups excluding carboxylic acids is 1. The molecule has 1 heterocycles. The Kier molecular flexibility index (Phi) is 4.53. The van der Waals surface area contributed by atoms with Crippen LogP contribution in [0.1, 0.15) is 12.5 Å². The van der Waals surface area contributed by atoms with Crippen molar-refractivity contribution < 1.29 is 14.3 Å². The zero-order valence-corrected chi connectivity index (χ0v) is 13.4. The number of para-hydroxylation sites is 1. The standard InChI is InChI=1S/C18H16ClNO3/c1-2-22-14-7-8-17-12(10-14)9-13(11-23-17)18(21)20-16-6-4-3-5-15(16)19/h3-10H,2,11H2,1H3,(H,20,21). The smallest absolute Gasteiger partial charge is 0.255 e. The lowest BCUT2D eigenvalue weighted by atomic mass is 10.1. The first-order valence-corrected chi connectivity index (χ1v) is 7.71. The topological polar surface area (TPSA) is 47.6 Å². The third-order valence-corrected chi connectivity index (χ3v) is 3.75. The number of amides is 1. The molecule has 2 aromatic carbocycles. The number of hydrogen-bond acceptors (Lipinski definition) is 3. The van der Waals surface area contributed by atoms with Crippen LogP contribution in [0.25, 0.3) is 6.08 Å². The molecule has 0 aliphatic carbocycles. The average molecular weight is 330 g/mol. The fraction of sp³-hybridized carbons (Fsp3) is 0.167. The van der Waals surface area contributed by atoms with Gasteiger partial charge >= 0.3 is 0 Å². The Morgan fingerprint density at radius 3 is 2.91 bits per heavy atom. The van der Waals surface area contributed by atoms with E-state index in [1.807, 2.05) is 43.3 Å². The fourth-order valence-corrected chi connectivity index (χ4v) is 2.49. The molecule has 23 heavy (non-hydrogen) atoms. The van der Waals surface area contributed by atoms with Gasteiger partial charge in [-0.05, 0) is 43.3 Å². The second-order valence-electron chi connectivity index (χ2n) is 5.02. The van der Waals surface area contributed by atoms with E-state index in [-0.39, 0.29) is 12.5 Å². The summed E-state index contributed by atoms with van der Waals surface area (Å²) in [7, 11) is 0. The number of halogens is 1. The number of hydrogen-bond donors (Lipinski definition) is 1. The molecule has 1 aliphatic rings. The minimum atomic E-state index is -0.231. The summed E-state index contributed by atoms with van der Waals surface area (Å²) >= 11 is 6.06. The minimum Gasteiger partial charge on any atom is -0.494 e. The maximum Gasteiger partial charge on any atom is 0.255 e. The lowest BCUT2D eigenvalue weighted by Gasteiger charge is -2.18. The van der Waals surface area contributed by atoms with Crippen molar-refractivity contribution in [2.45, 2.75) is 6.92 Å². The van der Waals surface area contributed by atoms with Gasteiger partial charge in [0.2, 0.25) is 0 Å². The van der Waals surface area contributed by atoms with Crippen LogP contribution in [0.15, 0.2) is 48.0 Å². The second kappa shape index (κ2) is 6.75. The van der Waals surface area contributed by atoms with Crippen molar-refractivity contribution >= 4 is 29.3 Å². The normalized spacial score (nSPS) is 12.7. The highest BCUT2D eigenvalue weighted by Crippen LogP contribution is 2.30. The fourth-order valence-electron chi connectivity index (χ4n) is 2.31. The number of ether oxygens (including phenoxy) is 2. The Bertz CT molecular complexity index is 771. The Morgan fingerprint density at radius 2 is 2.13 bits per heavy atom. The van der Waals surface area contributed by atoms with Gasteiger partial charge in [0.25, 0.3) is 5.91 Å². The van der Waals surface area contributed by atoms with E-state index in [0.717, 1.165) is 17.1 Å². The van der Waals surface area contributed by atoms with Gasteiger partial charge in [-0.15, -0.1) is 0 Å². The molecule has 1 amide bonds. The number of carbonyl (C=O) groups is 1. The predicted octanol–water partition coefficient (Wildman–Crippen LogP) is 4.15.